The van der Waals surface area contributed by atoms with Gasteiger partial charge in [-0.1, -0.05) is 97.7 Å². The average Bonchev–Trinajstić information content (AvgIpc) is 2.82. The van der Waals surface area contributed by atoms with Crippen molar-refractivity contribution in [3.63, 3.8) is 0 Å². The maximum Gasteiger partial charge on any atom is 0.328 e. The molecule has 1 aliphatic heterocycles. The van der Waals surface area contributed by atoms with Crippen molar-refractivity contribution < 1.29 is 4.79 Å². The van der Waals surface area contributed by atoms with Gasteiger partial charge in [0.1, 0.15) is 0 Å². The first kappa shape index (κ1) is 21.5. The second-order valence-corrected chi connectivity index (χ2v) is 8.39. The van der Waals surface area contributed by atoms with Crippen LogP contribution in [0.5, 0.6) is 0 Å². The highest BCUT2D eigenvalue weighted by molar-refractivity contribution is 7.78. The number of rotatable bonds is 6. The molecule has 0 aliphatic carbocycles. The maximum absolute atomic E-state index is 13.0. The Morgan fingerprint density at radius 1 is 1.00 bits per heavy atom. The van der Waals surface area contributed by atoms with Gasteiger partial charge in [0.2, 0.25) is 0 Å². The Hall–Kier alpha value is -2.76. The van der Waals surface area contributed by atoms with E-state index in [0.29, 0.717) is 12.6 Å². The smallest absolute Gasteiger partial charge is 0.328 e. The van der Waals surface area contributed by atoms with Crippen LogP contribution < -0.4 is 5.32 Å². The van der Waals surface area contributed by atoms with Crippen LogP contribution >= 0.6 is 12.8 Å². The molecule has 1 heterocycles. The van der Waals surface area contributed by atoms with E-state index in [0.717, 1.165) is 30.6 Å². The van der Waals surface area contributed by atoms with Gasteiger partial charge in [0.15, 0.2) is 0 Å². The molecule has 160 valence electrons. The van der Waals surface area contributed by atoms with E-state index >= 15 is 0 Å². The van der Waals surface area contributed by atoms with Crippen LogP contribution in [0.1, 0.15) is 41.3 Å². The van der Waals surface area contributed by atoms with Crippen LogP contribution in [0.25, 0.3) is 0 Å². The number of carbonyl (C=O) groups is 1. The molecule has 2 amide bonds. The number of amides is 2. The first-order valence-corrected chi connectivity index (χ1v) is 11.2. The molecule has 1 aliphatic rings. The third-order valence-corrected chi connectivity index (χ3v) is 6.49. The van der Waals surface area contributed by atoms with Crippen LogP contribution in [0, 0.1) is 0 Å². The molecule has 1 unspecified atom stereocenters. The van der Waals surface area contributed by atoms with Crippen molar-refractivity contribution in [2.75, 3.05) is 19.6 Å². The number of hydrogen-bond acceptors (Lipinski definition) is 3. The zero-order valence-electron chi connectivity index (χ0n) is 17.8. The van der Waals surface area contributed by atoms with Gasteiger partial charge in [0.25, 0.3) is 0 Å². The van der Waals surface area contributed by atoms with Crippen molar-refractivity contribution >= 4 is 18.8 Å². The summed E-state index contributed by atoms with van der Waals surface area (Å²) >= 11 is 4.61. The molecule has 0 fully saturated rings. The number of thiol groups is 1. The van der Waals surface area contributed by atoms with Gasteiger partial charge >= 0.3 is 6.03 Å². The van der Waals surface area contributed by atoms with Crippen molar-refractivity contribution in [1.82, 2.24) is 14.5 Å². The highest BCUT2D eigenvalue weighted by Gasteiger charge is 2.26. The predicted molar refractivity (Wildman–Crippen MR) is 129 cm³/mol. The van der Waals surface area contributed by atoms with Gasteiger partial charge in [-0.2, -0.15) is 0 Å². The van der Waals surface area contributed by atoms with Crippen LogP contribution in [0.15, 0.2) is 84.9 Å². The molecular weight excluding hydrogens is 402 g/mol. The lowest BCUT2D eigenvalue weighted by atomic mass is 9.94. The Labute approximate surface area is 190 Å². The van der Waals surface area contributed by atoms with Gasteiger partial charge < -0.3 is 5.32 Å². The summed E-state index contributed by atoms with van der Waals surface area (Å²) in [4.78, 5) is 15.4. The largest absolute Gasteiger partial charge is 0.336 e. The summed E-state index contributed by atoms with van der Waals surface area (Å²) in [6.45, 7) is 4.64. The number of nitrogens with one attached hydrogen (secondary N) is 1. The Balaban J connectivity index is 1.39. The fraction of sp³-hybridized carbons (Fsp3) is 0.269. The van der Waals surface area contributed by atoms with Gasteiger partial charge in [0, 0.05) is 25.7 Å². The molecule has 0 saturated heterocycles. The molecule has 3 aromatic carbocycles. The summed E-state index contributed by atoms with van der Waals surface area (Å²) < 4.78 is 1.50. The summed E-state index contributed by atoms with van der Waals surface area (Å²) in [5.74, 6) is 0. The second-order valence-electron chi connectivity index (χ2n) is 7.96. The van der Waals surface area contributed by atoms with Gasteiger partial charge in [-0.3, -0.25) is 9.21 Å². The van der Waals surface area contributed by atoms with Crippen molar-refractivity contribution in [2.24, 2.45) is 0 Å². The minimum absolute atomic E-state index is 0.189. The maximum atomic E-state index is 13.0. The van der Waals surface area contributed by atoms with E-state index < -0.39 is 0 Å². The molecule has 0 aromatic heterocycles. The third kappa shape index (κ3) is 4.94. The van der Waals surface area contributed by atoms with Crippen LogP contribution in [0.4, 0.5) is 4.79 Å². The Kier molecular flexibility index (Phi) is 6.95. The van der Waals surface area contributed by atoms with E-state index in [4.69, 9.17) is 0 Å². The molecule has 0 spiro atoms. The summed E-state index contributed by atoms with van der Waals surface area (Å²) in [7, 11) is 0. The average molecular weight is 432 g/mol. The molecular formula is C26H29N3OS. The van der Waals surface area contributed by atoms with E-state index in [1.807, 2.05) is 60.7 Å². The Morgan fingerprint density at radius 3 is 2.23 bits per heavy atom. The van der Waals surface area contributed by atoms with Gasteiger partial charge in [-0.15, -0.1) is 0 Å². The molecule has 1 N–H and O–H groups in total. The summed E-state index contributed by atoms with van der Waals surface area (Å²) in [6.07, 6.45) is 1.05. The summed E-state index contributed by atoms with van der Waals surface area (Å²) in [5.41, 5.74) is 4.88. The topological polar surface area (TPSA) is 35.6 Å². The minimum atomic E-state index is -0.258. The number of hydrogen-bond donors (Lipinski definition) is 2. The van der Waals surface area contributed by atoms with Crippen LogP contribution in [0.3, 0.4) is 0 Å². The van der Waals surface area contributed by atoms with Gasteiger partial charge in [0.05, 0.1) is 6.04 Å². The minimum Gasteiger partial charge on any atom is -0.336 e. The fourth-order valence-electron chi connectivity index (χ4n) is 4.38. The van der Waals surface area contributed by atoms with Crippen LogP contribution in [0.2, 0.25) is 0 Å². The number of fused-ring (bicyclic) bond motifs is 1. The lowest BCUT2D eigenvalue weighted by Gasteiger charge is -2.35. The van der Waals surface area contributed by atoms with Gasteiger partial charge in [-0.25, -0.2) is 4.79 Å². The van der Waals surface area contributed by atoms with Crippen molar-refractivity contribution in [2.45, 2.75) is 25.4 Å². The zero-order chi connectivity index (χ0) is 21.6. The fourth-order valence-corrected chi connectivity index (χ4v) is 4.72. The van der Waals surface area contributed by atoms with E-state index in [-0.39, 0.29) is 12.1 Å². The summed E-state index contributed by atoms with van der Waals surface area (Å²) in [6, 6.07) is 28.6. The lowest BCUT2D eigenvalue weighted by molar-refractivity contribution is 0.192. The first-order chi connectivity index (χ1) is 15.1. The monoisotopic (exact) mass is 431 g/mol. The molecule has 3 aromatic rings. The normalized spacial score (nSPS) is 16.0. The standard InChI is InChI=1S/C26H29N3OS/c1-20-24-15-9-8-10-21(24)16-18-28(20)19-17-27-26(30)29(31)25(22-11-4-2-5-12-22)23-13-6-3-7-14-23/h2-15,20,25,31H,16-19H2,1H3,(H,27,30). The van der Waals surface area contributed by atoms with Crippen LogP contribution in [-0.4, -0.2) is 34.9 Å². The van der Waals surface area contributed by atoms with Crippen molar-refractivity contribution in [3.8, 4) is 0 Å². The first-order valence-electron chi connectivity index (χ1n) is 10.8. The molecule has 4 nitrogen and oxygen atoms in total. The predicted octanol–water partition coefficient (Wildman–Crippen LogP) is 5.25. The van der Waals surface area contributed by atoms with E-state index in [1.54, 1.807) is 0 Å². The quantitative estimate of drug-likeness (QED) is 0.523. The van der Waals surface area contributed by atoms with E-state index in [1.165, 1.54) is 15.4 Å². The third-order valence-electron chi connectivity index (χ3n) is 6.08. The van der Waals surface area contributed by atoms with Gasteiger partial charge in [-0.05, 0) is 35.6 Å². The number of nitrogens with zero attached hydrogens (tertiary/aromatic N) is 2. The van der Waals surface area contributed by atoms with Crippen LogP contribution in [-0.2, 0) is 6.42 Å². The van der Waals surface area contributed by atoms with Crippen molar-refractivity contribution in [1.29, 1.82) is 0 Å². The molecule has 5 heteroatoms. The number of urea groups is 1. The molecule has 31 heavy (non-hydrogen) atoms. The summed E-state index contributed by atoms with van der Waals surface area (Å²) in [5, 5.41) is 3.06. The lowest BCUT2D eigenvalue weighted by Crippen LogP contribution is -2.43. The molecule has 0 radical (unpaired) electrons. The molecule has 4 rings (SSSR count). The number of carbonyl (C=O) groups excluding carboxylic acids is 1. The van der Waals surface area contributed by atoms with Crippen molar-refractivity contribution in [3.05, 3.63) is 107 Å². The highest BCUT2D eigenvalue weighted by atomic mass is 32.1. The Morgan fingerprint density at radius 2 is 1.58 bits per heavy atom. The van der Waals surface area contributed by atoms with E-state index in [2.05, 4.69) is 54.2 Å². The molecule has 0 saturated carbocycles. The second kappa shape index (κ2) is 10.0. The highest BCUT2D eigenvalue weighted by Crippen LogP contribution is 2.30. The SMILES string of the molecule is CC1c2ccccc2CCN1CCNC(=O)N(S)C(c1ccccc1)c1ccccc1. The number of benzene rings is 3. The Bertz CT molecular complexity index is 956. The molecule has 0 bridgehead atoms. The molecule has 1 atom stereocenters. The zero-order valence-corrected chi connectivity index (χ0v) is 18.7. The van der Waals surface area contributed by atoms with E-state index in [9.17, 15) is 4.79 Å².